The molecule has 7 nitrogen and oxygen atoms in total. The van der Waals surface area contributed by atoms with Crippen LogP contribution in [0.25, 0.3) is 11.6 Å². The van der Waals surface area contributed by atoms with Crippen LogP contribution in [0.1, 0.15) is 28.5 Å². The summed E-state index contributed by atoms with van der Waals surface area (Å²) in [6.45, 7) is 6.28. The van der Waals surface area contributed by atoms with Gasteiger partial charge in [-0.05, 0) is 44.0 Å². The number of rotatable bonds is 4. The van der Waals surface area contributed by atoms with Gasteiger partial charge in [-0.2, -0.15) is 9.29 Å². The molecule has 1 fully saturated rings. The van der Waals surface area contributed by atoms with Crippen LogP contribution in [0.15, 0.2) is 44.4 Å². The highest BCUT2D eigenvalue weighted by Gasteiger charge is 2.41. The molecular formula is C18H19N3O4S. The first-order valence-electron chi connectivity index (χ1n) is 8.32. The third-order valence-electron chi connectivity index (χ3n) is 4.58. The molecule has 1 aromatic carbocycles. The molecule has 136 valence electrons. The van der Waals surface area contributed by atoms with E-state index < -0.39 is 10.0 Å². The molecule has 0 aliphatic carbocycles. The fourth-order valence-corrected chi connectivity index (χ4v) is 5.34. The topological polar surface area (TPSA) is 89.4 Å². The molecule has 0 spiro atoms. The van der Waals surface area contributed by atoms with Gasteiger partial charge in [0.15, 0.2) is 5.76 Å². The molecule has 3 heterocycles. The van der Waals surface area contributed by atoms with Gasteiger partial charge in [-0.1, -0.05) is 22.9 Å². The first-order valence-corrected chi connectivity index (χ1v) is 9.76. The quantitative estimate of drug-likeness (QED) is 0.698. The molecule has 0 amide bonds. The first-order chi connectivity index (χ1) is 12.4. The Morgan fingerprint density at radius 1 is 1.15 bits per heavy atom. The second-order valence-electron chi connectivity index (χ2n) is 6.68. The van der Waals surface area contributed by atoms with E-state index in [1.807, 2.05) is 32.9 Å². The summed E-state index contributed by atoms with van der Waals surface area (Å²) < 4.78 is 37.9. The van der Waals surface area contributed by atoms with E-state index in [4.69, 9.17) is 8.94 Å². The Labute approximate surface area is 151 Å². The van der Waals surface area contributed by atoms with Crippen molar-refractivity contribution in [2.75, 3.05) is 13.1 Å². The van der Waals surface area contributed by atoms with Crippen molar-refractivity contribution >= 4 is 10.0 Å². The highest BCUT2D eigenvalue weighted by molar-refractivity contribution is 7.89. The van der Waals surface area contributed by atoms with E-state index in [0.717, 1.165) is 16.7 Å². The van der Waals surface area contributed by atoms with Crippen LogP contribution in [-0.4, -0.2) is 36.0 Å². The van der Waals surface area contributed by atoms with Crippen LogP contribution in [0, 0.1) is 20.8 Å². The van der Waals surface area contributed by atoms with E-state index in [-0.39, 0.29) is 5.92 Å². The van der Waals surface area contributed by atoms with Gasteiger partial charge >= 0.3 is 0 Å². The molecule has 0 N–H and O–H groups in total. The molecule has 1 aliphatic rings. The number of hydrogen-bond donors (Lipinski definition) is 0. The number of aryl methyl sites for hydroxylation is 3. The van der Waals surface area contributed by atoms with Crippen molar-refractivity contribution in [1.82, 2.24) is 14.4 Å². The Kier molecular flexibility index (Phi) is 3.96. The Bertz CT molecular complexity index is 1030. The van der Waals surface area contributed by atoms with Crippen LogP contribution in [0.2, 0.25) is 0 Å². The average Bonchev–Trinajstić information content (AvgIpc) is 3.14. The highest BCUT2D eigenvalue weighted by atomic mass is 32.2. The molecule has 4 rings (SSSR count). The van der Waals surface area contributed by atoms with Crippen LogP contribution >= 0.6 is 0 Å². The highest BCUT2D eigenvalue weighted by Crippen LogP contribution is 2.34. The second kappa shape index (κ2) is 6.07. The van der Waals surface area contributed by atoms with Gasteiger partial charge in [-0.15, -0.1) is 0 Å². The normalized spacial score (nSPS) is 16.0. The smallest absolute Gasteiger partial charge is 0.243 e. The van der Waals surface area contributed by atoms with Crippen LogP contribution in [0.4, 0.5) is 0 Å². The molecule has 0 saturated carbocycles. The summed E-state index contributed by atoms with van der Waals surface area (Å²) in [5.74, 6) is 1.22. The molecule has 0 atom stereocenters. The van der Waals surface area contributed by atoms with Crippen LogP contribution in [-0.2, 0) is 10.0 Å². The zero-order chi connectivity index (χ0) is 18.5. The number of aromatic nitrogens is 2. The number of sulfonamides is 1. The lowest BCUT2D eigenvalue weighted by Crippen LogP contribution is -2.48. The van der Waals surface area contributed by atoms with E-state index in [1.54, 1.807) is 12.1 Å². The summed E-state index contributed by atoms with van der Waals surface area (Å²) in [5.41, 5.74) is 2.59. The van der Waals surface area contributed by atoms with Crippen molar-refractivity contribution in [2.24, 2.45) is 0 Å². The van der Waals surface area contributed by atoms with Crippen molar-refractivity contribution in [1.29, 1.82) is 0 Å². The van der Waals surface area contributed by atoms with E-state index in [9.17, 15) is 8.42 Å². The third kappa shape index (κ3) is 2.75. The molecular weight excluding hydrogens is 354 g/mol. The van der Waals surface area contributed by atoms with Gasteiger partial charge < -0.3 is 8.94 Å². The summed E-state index contributed by atoms with van der Waals surface area (Å²) in [6.07, 6.45) is 1.54. The van der Waals surface area contributed by atoms with Gasteiger partial charge in [-0.3, -0.25) is 0 Å². The molecule has 2 aromatic heterocycles. The van der Waals surface area contributed by atoms with Gasteiger partial charge in [0.2, 0.25) is 21.7 Å². The number of hydrogen-bond acceptors (Lipinski definition) is 6. The monoisotopic (exact) mass is 373 g/mol. The van der Waals surface area contributed by atoms with Crippen LogP contribution in [0.3, 0.4) is 0 Å². The van der Waals surface area contributed by atoms with Gasteiger partial charge in [0.1, 0.15) is 0 Å². The number of furan rings is 1. The second-order valence-corrected chi connectivity index (χ2v) is 8.56. The SMILES string of the molecule is Cc1cc(C)c(S(=O)(=O)N2CC(c3nc(-c4ccco4)no3)C2)c(C)c1. The molecule has 1 aliphatic heterocycles. The maximum absolute atomic E-state index is 13.0. The minimum atomic E-state index is -3.53. The lowest BCUT2D eigenvalue weighted by molar-refractivity contribution is 0.216. The molecule has 0 unspecified atom stereocenters. The van der Waals surface area contributed by atoms with Crippen molar-refractivity contribution in [3.63, 3.8) is 0 Å². The summed E-state index contributed by atoms with van der Waals surface area (Å²) in [7, 11) is -3.53. The predicted octanol–water partition coefficient (Wildman–Crippen LogP) is 3.04. The largest absolute Gasteiger partial charge is 0.461 e. The molecule has 1 saturated heterocycles. The van der Waals surface area contributed by atoms with Gasteiger partial charge in [0.25, 0.3) is 0 Å². The number of nitrogens with zero attached hydrogens (tertiary/aromatic N) is 3. The van der Waals surface area contributed by atoms with Gasteiger partial charge in [0, 0.05) is 13.1 Å². The lowest BCUT2D eigenvalue weighted by atomic mass is 10.0. The minimum absolute atomic E-state index is 0.105. The molecule has 26 heavy (non-hydrogen) atoms. The molecule has 0 bridgehead atoms. The zero-order valence-electron chi connectivity index (χ0n) is 14.8. The third-order valence-corrected chi connectivity index (χ3v) is 6.72. The van der Waals surface area contributed by atoms with Gasteiger partial charge in [-0.25, -0.2) is 8.42 Å². The summed E-state index contributed by atoms with van der Waals surface area (Å²) in [4.78, 5) is 4.71. The summed E-state index contributed by atoms with van der Waals surface area (Å²) in [6, 6.07) is 7.28. The Balaban J connectivity index is 1.53. The van der Waals surface area contributed by atoms with Crippen molar-refractivity contribution in [3.05, 3.63) is 53.1 Å². The standard InChI is InChI=1S/C18H19N3O4S/c1-11-7-12(2)16(13(3)8-11)26(22,23)21-9-14(10-21)18-19-17(20-25-18)15-5-4-6-24-15/h4-8,14H,9-10H2,1-3H3. The summed E-state index contributed by atoms with van der Waals surface area (Å²) in [5, 5.41) is 3.90. The van der Waals surface area contributed by atoms with Crippen LogP contribution in [0.5, 0.6) is 0 Å². The minimum Gasteiger partial charge on any atom is -0.461 e. The molecule has 0 radical (unpaired) electrons. The molecule has 8 heteroatoms. The maximum Gasteiger partial charge on any atom is 0.243 e. The van der Waals surface area contributed by atoms with E-state index >= 15 is 0 Å². The number of benzene rings is 1. The fraction of sp³-hybridized carbons (Fsp3) is 0.333. The average molecular weight is 373 g/mol. The first kappa shape index (κ1) is 17.0. The Morgan fingerprint density at radius 3 is 2.46 bits per heavy atom. The van der Waals surface area contributed by atoms with E-state index in [2.05, 4.69) is 10.1 Å². The lowest BCUT2D eigenvalue weighted by Gasteiger charge is -2.36. The van der Waals surface area contributed by atoms with E-state index in [1.165, 1.54) is 10.6 Å². The Hall–Kier alpha value is -2.45. The van der Waals surface area contributed by atoms with Crippen LogP contribution < -0.4 is 0 Å². The van der Waals surface area contributed by atoms with Crippen molar-refractivity contribution < 1.29 is 17.4 Å². The van der Waals surface area contributed by atoms with Gasteiger partial charge in [0.05, 0.1) is 17.1 Å². The Morgan fingerprint density at radius 2 is 1.85 bits per heavy atom. The predicted molar refractivity (Wildman–Crippen MR) is 94.2 cm³/mol. The summed E-state index contributed by atoms with van der Waals surface area (Å²) >= 11 is 0. The van der Waals surface area contributed by atoms with Crippen molar-refractivity contribution in [3.8, 4) is 11.6 Å². The molecule has 3 aromatic rings. The zero-order valence-corrected chi connectivity index (χ0v) is 15.6. The fourth-order valence-electron chi connectivity index (χ4n) is 3.40. The van der Waals surface area contributed by atoms with Crippen molar-refractivity contribution in [2.45, 2.75) is 31.6 Å². The maximum atomic E-state index is 13.0. The van der Waals surface area contributed by atoms with E-state index in [0.29, 0.717) is 35.5 Å².